The lowest BCUT2D eigenvalue weighted by Gasteiger charge is -2.13. The maximum Gasteiger partial charge on any atom is 0.259 e. The van der Waals surface area contributed by atoms with Gasteiger partial charge in [-0.1, -0.05) is 30.3 Å². The summed E-state index contributed by atoms with van der Waals surface area (Å²) in [5.74, 6) is 0.455. The van der Waals surface area contributed by atoms with Crippen molar-refractivity contribution in [3.63, 3.8) is 0 Å². The lowest BCUT2D eigenvalue weighted by Crippen LogP contribution is -2.14. The third kappa shape index (κ3) is 5.69. The van der Waals surface area contributed by atoms with Crippen LogP contribution in [0.15, 0.2) is 85.5 Å². The fraction of sp³-hybridized carbons (Fsp3) is 0.125. The number of hydrogen-bond donors (Lipinski definition) is 1. The van der Waals surface area contributed by atoms with Crippen LogP contribution in [-0.4, -0.2) is 27.3 Å². The Morgan fingerprint density at radius 2 is 1.84 bits per heavy atom. The standard InChI is InChI=1S/C24H21FN4O3/c25-19-10-8-18(9-11-19)15-32-23-7-2-1-6-22(23)24(30)28-20-4-3-5-21(14-20)31-13-12-29-17-26-16-27-29/h1-11,14,16-17H,12-13,15H2,(H,28,30). The smallest absolute Gasteiger partial charge is 0.259 e. The van der Waals surface area contributed by atoms with Gasteiger partial charge in [0, 0.05) is 11.8 Å². The maximum absolute atomic E-state index is 13.1. The molecule has 0 aliphatic carbocycles. The van der Waals surface area contributed by atoms with E-state index in [1.54, 1.807) is 65.6 Å². The van der Waals surface area contributed by atoms with Crippen molar-refractivity contribution >= 4 is 11.6 Å². The topological polar surface area (TPSA) is 78.3 Å². The first-order valence-electron chi connectivity index (χ1n) is 10.0. The second-order valence-electron chi connectivity index (χ2n) is 6.90. The Bertz CT molecular complexity index is 1160. The van der Waals surface area contributed by atoms with E-state index in [0.717, 1.165) is 5.56 Å². The number of halogens is 1. The summed E-state index contributed by atoms with van der Waals surface area (Å²) in [6.45, 7) is 1.20. The van der Waals surface area contributed by atoms with E-state index in [-0.39, 0.29) is 18.3 Å². The maximum atomic E-state index is 13.1. The first-order chi connectivity index (χ1) is 15.7. The van der Waals surface area contributed by atoms with E-state index in [0.29, 0.717) is 35.9 Å². The molecule has 1 heterocycles. The Morgan fingerprint density at radius 3 is 2.66 bits per heavy atom. The second-order valence-corrected chi connectivity index (χ2v) is 6.90. The summed E-state index contributed by atoms with van der Waals surface area (Å²) in [7, 11) is 0. The Kier molecular flexibility index (Phi) is 6.72. The minimum atomic E-state index is -0.307. The molecular weight excluding hydrogens is 411 g/mol. The van der Waals surface area contributed by atoms with Crippen LogP contribution in [0, 0.1) is 5.82 Å². The van der Waals surface area contributed by atoms with Crippen LogP contribution in [-0.2, 0) is 13.2 Å². The summed E-state index contributed by atoms with van der Waals surface area (Å²) in [5.41, 5.74) is 1.80. The van der Waals surface area contributed by atoms with E-state index < -0.39 is 0 Å². The summed E-state index contributed by atoms with van der Waals surface area (Å²) in [5, 5.41) is 6.90. The summed E-state index contributed by atoms with van der Waals surface area (Å²) in [6, 6.07) is 20.2. The molecule has 1 aromatic heterocycles. The molecule has 1 amide bonds. The first kappa shape index (κ1) is 21.0. The number of ether oxygens (including phenoxy) is 2. The second kappa shape index (κ2) is 10.2. The van der Waals surface area contributed by atoms with Crippen LogP contribution in [0.25, 0.3) is 0 Å². The molecule has 0 atom stereocenters. The molecular formula is C24H21FN4O3. The van der Waals surface area contributed by atoms with E-state index in [9.17, 15) is 9.18 Å². The highest BCUT2D eigenvalue weighted by Gasteiger charge is 2.13. The number of benzene rings is 3. The third-order valence-corrected chi connectivity index (χ3v) is 4.59. The number of nitrogens with zero attached hydrogens (tertiary/aromatic N) is 3. The normalized spacial score (nSPS) is 10.5. The number of hydrogen-bond acceptors (Lipinski definition) is 5. The van der Waals surface area contributed by atoms with Crippen molar-refractivity contribution in [1.29, 1.82) is 0 Å². The number of amides is 1. The highest BCUT2D eigenvalue weighted by Crippen LogP contribution is 2.23. The van der Waals surface area contributed by atoms with Crippen molar-refractivity contribution in [3.05, 3.63) is 102 Å². The molecule has 8 heteroatoms. The molecule has 0 radical (unpaired) electrons. The minimum Gasteiger partial charge on any atom is -0.492 e. The molecule has 3 aromatic carbocycles. The van der Waals surface area contributed by atoms with Gasteiger partial charge >= 0.3 is 0 Å². The predicted molar refractivity (Wildman–Crippen MR) is 117 cm³/mol. The minimum absolute atomic E-state index is 0.222. The Hall–Kier alpha value is -4.20. The molecule has 4 aromatic rings. The zero-order chi connectivity index (χ0) is 22.2. The summed E-state index contributed by atoms with van der Waals surface area (Å²) >= 11 is 0. The van der Waals surface area contributed by atoms with Crippen LogP contribution >= 0.6 is 0 Å². The molecule has 0 fully saturated rings. The Labute approximate surface area is 184 Å². The van der Waals surface area contributed by atoms with Crippen LogP contribution < -0.4 is 14.8 Å². The van der Waals surface area contributed by atoms with Crippen molar-refractivity contribution < 1.29 is 18.7 Å². The molecule has 0 aliphatic rings. The van der Waals surface area contributed by atoms with Crippen LogP contribution in [0.3, 0.4) is 0 Å². The van der Waals surface area contributed by atoms with Gasteiger partial charge in [-0.2, -0.15) is 5.10 Å². The van der Waals surface area contributed by atoms with Gasteiger partial charge in [-0.25, -0.2) is 14.1 Å². The number of para-hydroxylation sites is 1. The largest absolute Gasteiger partial charge is 0.492 e. The first-order valence-corrected chi connectivity index (χ1v) is 10.0. The molecule has 0 aliphatic heterocycles. The van der Waals surface area contributed by atoms with E-state index in [1.165, 1.54) is 18.5 Å². The number of anilines is 1. The van der Waals surface area contributed by atoms with Crippen LogP contribution in [0.1, 0.15) is 15.9 Å². The molecule has 4 rings (SSSR count). The number of nitrogens with one attached hydrogen (secondary N) is 1. The molecule has 7 nitrogen and oxygen atoms in total. The van der Waals surface area contributed by atoms with Crippen molar-refractivity contribution in [2.24, 2.45) is 0 Å². The van der Waals surface area contributed by atoms with E-state index in [4.69, 9.17) is 9.47 Å². The number of rotatable bonds is 9. The zero-order valence-corrected chi connectivity index (χ0v) is 17.1. The predicted octanol–water partition coefficient (Wildman–Crippen LogP) is 4.33. The van der Waals surface area contributed by atoms with Crippen molar-refractivity contribution in [2.45, 2.75) is 13.2 Å². The van der Waals surface area contributed by atoms with Gasteiger partial charge in [-0.05, 0) is 42.0 Å². The highest BCUT2D eigenvalue weighted by atomic mass is 19.1. The SMILES string of the molecule is O=C(Nc1cccc(OCCn2cncn2)c1)c1ccccc1OCc1ccc(F)cc1. The van der Waals surface area contributed by atoms with Crippen LogP contribution in [0.4, 0.5) is 10.1 Å². The van der Waals surface area contributed by atoms with Gasteiger partial charge in [0.15, 0.2) is 0 Å². The summed E-state index contributed by atoms with van der Waals surface area (Å²) in [6.07, 6.45) is 3.09. The summed E-state index contributed by atoms with van der Waals surface area (Å²) in [4.78, 5) is 16.8. The Morgan fingerprint density at radius 1 is 1.00 bits per heavy atom. The fourth-order valence-electron chi connectivity index (χ4n) is 2.99. The van der Waals surface area contributed by atoms with Gasteiger partial charge in [0.25, 0.3) is 5.91 Å². The van der Waals surface area contributed by atoms with Gasteiger partial charge in [0.1, 0.15) is 43.2 Å². The van der Waals surface area contributed by atoms with Crippen molar-refractivity contribution in [2.75, 3.05) is 11.9 Å². The van der Waals surface area contributed by atoms with Gasteiger partial charge < -0.3 is 14.8 Å². The average molecular weight is 432 g/mol. The molecule has 162 valence electrons. The molecule has 32 heavy (non-hydrogen) atoms. The lowest BCUT2D eigenvalue weighted by atomic mass is 10.1. The van der Waals surface area contributed by atoms with E-state index in [2.05, 4.69) is 15.4 Å². The quantitative estimate of drug-likeness (QED) is 0.426. The molecule has 0 unspecified atom stereocenters. The molecule has 1 N–H and O–H groups in total. The van der Waals surface area contributed by atoms with Gasteiger partial charge in [0.2, 0.25) is 0 Å². The van der Waals surface area contributed by atoms with Gasteiger partial charge in [0.05, 0.1) is 12.1 Å². The molecule has 0 saturated carbocycles. The molecule has 0 spiro atoms. The van der Waals surface area contributed by atoms with Crippen LogP contribution in [0.2, 0.25) is 0 Å². The van der Waals surface area contributed by atoms with Gasteiger partial charge in [-0.15, -0.1) is 0 Å². The van der Waals surface area contributed by atoms with Crippen molar-refractivity contribution in [3.8, 4) is 11.5 Å². The summed E-state index contributed by atoms with van der Waals surface area (Å²) < 4.78 is 26.3. The van der Waals surface area contributed by atoms with Crippen molar-refractivity contribution in [1.82, 2.24) is 14.8 Å². The van der Waals surface area contributed by atoms with Crippen LogP contribution in [0.5, 0.6) is 11.5 Å². The van der Waals surface area contributed by atoms with E-state index >= 15 is 0 Å². The fourth-order valence-corrected chi connectivity index (χ4v) is 2.99. The van der Waals surface area contributed by atoms with Gasteiger partial charge in [-0.3, -0.25) is 4.79 Å². The average Bonchev–Trinajstić information content (AvgIpc) is 3.33. The number of carbonyl (C=O) groups excluding carboxylic acids is 1. The monoisotopic (exact) mass is 432 g/mol. The molecule has 0 saturated heterocycles. The lowest BCUT2D eigenvalue weighted by molar-refractivity contribution is 0.102. The van der Waals surface area contributed by atoms with E-state index in [1.807, 2.05) is 6.07 Å². The Balaban J connectivity index is 1.37. The number of carbonyl (C=O) groups is 1. The molecule has 0 bridgehead atoms. The highest BCUT2D eigenvalue weighted by molar-refractivity contribution is 6.06. The zero-order valence-electron chi connectivity index (χ0n) is 17.1. The number of aromatic nitrogens is 3. The third-order valence-electron chi connectivity index (χ3n) is 4.59.